The van der Waals surface area contributed by atoms with Crippen LogP contribution < -0.4 is 5.73 Å². The highest BCUT2D eigenvalue weighted by Gasteiger charge is 2.14. The van der Waals surface area contributed by atoms with Crippen molar-refractivity contribution < 1.29 is 0 Å². The number of thiophene rings is 1. The van der Waals surface area contributed by atoms with E-state index in [-0.39, 0.29) is 6.04 Å². The first-order valence-corrected chi connectivity index (χ1v) is 7.73. The van der Waals surface area contributed by atoms with Crippen molar-refractivity contribution in [1.82, 2.24) is 0 Å². The summed E-state index contributed by atoms with van der Waals surface area (Å²) in [6, 6.07) is 7.95. The van der Waals surface area contributed by atoms with Gasteiger partial charge in [-0.25, -0.2) is 0 Å². The zero-order valence-electron chi connectivity index (χ0n) is 9.01. The van der Waals surface area contributed by atoms with Gasteiger partial charge < -0.3 is 5.73 Å². The molecule has 2 N–H and O–H groups in total. The van der Waals surface area contributed by atoms with E-state index in [0.29, 0.717) is 0 Å². The number of hydrogen-bond donors (Lipinski definition) is 1. The fourth-order valence-electron chi connectivity index (χ4n) is 1.56. The number of rotatable bonds is 2. The Labute approximate surface area is 126 Å². The Morgan fingerprint density at radius 2 is 1.76 bits per heavy atom. The molecule has 0 aliphatic heterocycles. The molecule has 0 radical (unpaired) electrons. The standard InChI is InChI=1S/C12H10Br2ClNS/c1-6-2-10(17-12(6)15)11(16)7-3-8(13)5-9(14)4-7/h2-5,11H,16H2,1H3. The van der Waals surface area contributed by atoms with Crippen LogP contribution in [0.1, 0.15) is 22.0 Å². The summed E-state index contributed by atoms with van der Waals surface area (Å²) >= 11 is 14.5. The van der Waals surface area contributed by atoms with Crippen molar-refractivity contribution in [3.8, 4) is 0 Å². The van der Waals surface area contributed by atoms with Crippen LogP contribution in [-0.4, -0.2) is 0 Å². The molecule has 5 heteroatoms. The summed E-state index contributed by atoms with van der Waals surface area (Å²) in [7, 11) is 0. The lowest BCUT2D eigenvalue weighted by molar-refractivity contribution is 0.890. The maximum absolute atomic E-state index is 6.25. The molecular formula is C12H10Br2ClNS. The Morgan fingerprint density at radius 1 is 1.18 bits per heavy atom. The van der Waals surface area contributed by atoms with Crippen LogP contribution in [0.5, 0.6) is 0 Å². The maximum atomic E-state index is 6.25. The molecule has 0 aliphatic carbocycles. The maximum Gasteiger partial charge on any atom is 0.0961 e. The van der Waals surface area contributed by atoms with Crippen molar-refractivity contribution in [2.45, 2.75) is 13.0 Å². The molecule has 1 aromatic heterocycles. The monoisotopic (exact) mass is 393 g/mol. The normalized spacial score (nSPS) is 12.8. The lowest BCUT2D eigenvalue weighted by atomic mass is 10.1. The van der Waals surface area contributed by atoms with Crippen LogP contribution >= 0.6 is 54.8 Å². The zero-order valence-corrected chi connectivity index (χ0v) is 13.8. The molecule has 1 heterocycles. The summed E-state index contributed by atoms with van der Waals surface area (Å²) in [5, 5.41) is 0. The van der Waals surface area contributed by atoms with Gasteiger partial charge in [0.1, 0.15) is 0 Å². The second-order valence-electron chi connectivity index (χ2n) is 3.79. The van der Waals surface area contributed by atoms with Crippen LogP contribution in [0.2, 0.25) is 4.34 Å². The van der Waals surface area contributed by atoms with Gasteiger partial charge in [-0.15, -0.1) is 11.3 Å². The number of aryl methyl sites for hydroxylation is 1. The van der Waals surface area contributed by atoms with Crippen molar-refractivity contribution in [2.75, 3.05) is 0 Å². The van der Waals surface area contributed by atoms with E-state index in [1.54, 1.807) is 0 Å². The number of nitrogens with two attached hydrogens (primary N) is 1. The average Bonchev–Trinajstić information content (AvgIpc) is 2.57. The fourth-order valence-corrected chi connectivity index (χ4v) is 4.13. The summed E-state index contributed by atoms with van der Waals surface area (Å²) in [4.78, 5) is 1.08. The lowest BCUT2D eigenvalue weighted by Crippen LogP contribution is -2.10. The molecule has 0 aliphatic rings. The van der Waals surface area contributed by atoms with E-state index in [4.69, 9.17) is 17.3 Å². The molecule has 0 spiro atoms. The first kappa shape index (κ1) is 13.6. The van der Waals surface area contributed by atoms with Gasteiger partial charge in [0, 0.05) is 13.8 Å². The molecule has 90 valence electrons. The lowest BCUT2D eigenvalue weighted by Gasteiger charge is -2.11. The van der Waals surface area contributed by atoms with E-state index >= 15 is 0 Å². The van der Waals surface area contributed by atoms with E-state index in [1.165, 1.54) is 11.3 Å². The van der Waals surface area contributed by atoms with Gasteiger partial charge in [0.05, 0.1) is 10.4 Å². The molecule has 0 saturated heterocycles. The quantitative estimate of drug-likeness (QED) is 0.735. The third kappa shape index (κ3) is 3.12. The summed E-state index contributed by atoms with van der Waals surface area (Å²) in [5.74, 6) is 0. The Kier molecular flexibility index (Phi) is 4.31. The molecule has 0 amide bonds. The van der Waals surface area contributed by atoms with E-state index in [0.717, 1.165) is 29.3 Å². The molecular weight excluding hydrogens is 385 g/mol. The summed E-state index contributed by atoms with van der Waals surface area (Å²) < 4.78 is 2.83. The number of benzene rings is 1. The van der Waals surface area contributed by atoms with Crippen molar-refractivity contribution in [2.24, 2.45) is 5.73 Å². The molecule has 0 bridgehead atoms. The molecule has 1 nitrogen and oxygen atoms in total. The van der Waals surface area contributed by atoms with Crippen molar-refractivity contribution in [1.29, 1.82) is 0 Å². The van der Waals surface area contributed by atoms with Crippen LogP contribution in [0.3, 0.4) is 0 Å². The van der Waals surface area contributed by atoms with E-state index in [1.807, 2.05) is 31.2 Å². The minimum atomic E-state index is -0.139. The minimum absolute atomic E-state index is 0.139. The molecule has 0 saturated carbocycles. The van der Waals surface area contributed by atoms with Gasteiger partial charge in [0.15, 0.2) is 0 Å². The highest BCUT2D eigenvalue weighted by molar-refractivity contribution is 9.11. The summed E-state index contributed by atoms with van der Waals surface area (Å²) in [5.41, 5.74) is 8.39. The van der Waals surface area contributed by atoms with Gasteiger partial charge >= 0.3 is 0 Å². The smallest absolute Gasteiger partial charge is 0.0961 e. The predicted molar refractivity (Wildman–Crippen MR) is 81.9 cm³/mol. The van der Waals surface area contributed by atoms with Gasteiger partial charge in [0.2, 0.25) is 0 Å². The summed E-state index contributed by atoms with van der Waals surface area (Å²) in [6.45, 7) is 1.99. The van der Waals surface area contributed by atoms with E-state index in [2.05, 4.69) is 31.9 Å². The van der Waals surface area contributed by atoms with Crippen molar-refractivity contribution in [3.05, 3.63) is 53.6 Å². The van der Waals surface area contributed by atoms with Gasteiger partial charge in [-0.05, 0) is 42.3 Å². The molecule has 2 rings (SSSR count). The third-order valence-electron chi connectivity index (χ3n) is 2.43. The molecule has 1 unspecified atom stereocenters. The second-order valence-corrected chi connectivity index (χ2v) is 7.30. The topological polar surface area (TPSA) is 26.0 Å². The Bertz CT molecular complexity index is 514. The molecule has 2 aromatic rings. The predicted octanol–water partition coefficient (Wildman–Crippen LogP) is 5.28. The highest BCUT2D eigenvalue weighted by atomic mass is 79.9. The van der Waals surface area contributed by atoms with Gasteiger partial charge in [-0.1, -0.05) is 43.5 Å². The summed E-state index contributed by atoms with van der Waals surface area (Å²) in [6.07, 6.45) is 0. The Balaban J connectivity index is 2.39. The van der Waals surface area contributed by atoms with Gasteiger partial charge in [-0.2, -0.15) is 0 Å². The van der Waals surface area contributed by atoms with Crippen LogP contribution in [0.4, 0.5) is 0 Å². The number of halogens is 3. The van der Waals surface area contributed by atoms with Crippen molar-refractivity contribution in [3.63, 3.8) is 0 Å². The van der Waals surface area contributed by atoms with E-state index in [9.17, 15) is 0 Å². The average molecular weight is 396 g/mol. The third-order valence-corrected chi connectivity index (χ3v) is 4.98. The first-order valence-electron chi connectivity index (χ1n) is 4.95. The van der Waals surface area contributed by atoms with Crippen LogP contribution in [0, 0.1) is 6.92 Å². The van der Waals surface area contributed by atoms with Crippen LogP contribution in [0.15, 0.2) is 33.2 Å². The molecule has 1 atom stereocenters. The first-order chi connectivity index (χ1) is 7.97. The molecule has 17 heavy (non-hydrogen) atoms. The zero-order chi connectivity index (χ0) is 12.6. The second kappa shape index (κ2) is 5.41. The number of hydrogen-bond acceptors (Lipinski definition) is 2. The fraction of sp³-hybridized carbons (Fsp3) is 0.167. The van der Waals surface area contributed by atoms with E-state index < -0.39 is 0 Å². The Morgan fingerprint density at radius 3 is 2.24 bits per heavy atom. The Hall–Kier alpha value is 0.130. The largest absolute Gasteiger partial charge is 0.320 e. The molecule has 1 aromatic carbocycles. The molecule has 0 fully saturated rings. The van der Waals surface area contributed by atoms with Crippen LogP contribution in [-0.2, 0) is 0 Å². The highest BCUT2D eigenvalue weighted by Crippen LogP contribution is 2.34. The minimum Gasteiger partial charge on any atom is -0.320 e. The van der Waals surface area contributed by atoms with Crippen LogP contribution in [0.25, 0.3) is 0 Å². The van der Waals surface area contributed by atoms with Gasteiger partial charge in [0.25, 0.3) is 0 Å². The SMILES string of the molecule is Cc1cc(C(N)c2cc(Br)cc(Br)c2)sc1Cl. The van der Waals surface area contributed by atoms with Gasteiger partial charge in [-0.3, -0.25) is 0 Å². The van der Waals surface area contributed by atoms with Crippen molar-refractivity contribution >= 4 is 54.8 Å².